The molecule has 6 nitrogen and oxygen atoms in total. The van der Waals surface area contributed by atoms with E-state index in [1.165, 1.54) is 11.1 Å². The molecule has 1 amide bonds. The number of nitrogens with zero attached hydrogens (tertiary/aromatic N) is 2. The Balaban J connectivity index is 1.52. The van der Waals surface area contributed by atoms with E-state index in [2.05, 4.69) is 39.0 Å². The molecule has 2 N–H and O–H groups in total. The predicted molar refractivity (Wildman–Crippen MR) is 97.7 cm³/mol. The molecule has 3 aromatic rings. The van der Waals surface area contributed by atoms with Gasteiger partial charge < -0.3 is 15.2 Å². The average molecular weight is 348 g/mol. The van der Waals surface area contributed by atoms with Crippen molar-refractivity contribution >= 4 is 5.91 Å². The summed E-state index contributed by atoms with van der Waals surface area (Å²) in [5.41, 5.74) is 3.76. The highest BCUT2D eigenvalue weighted by Crippen LogP contribution is 2.24. The molecule has 1 unspecified atom stereocenters. The first-order chi connectivity index (χ1) is 12.7. The number of fused-ring (bicyclic) bond motifs is 1. The minimum atomic E-state index is -0.152. The van der Waals surface area contributed by atoms with Crippen LogP contribution in [0.4, 0.5) is 0 Å². The Morgan fingerprint density at radius 3 is 2.88 bits per heavy atom. The maximum absolute atomic E-state index is 12.8. The van der Waals surface area contributed by atoms with Crippen LogP contribution in [-0.4, -0.2) is 29.1 Å². The number of carbonyl (C=O) groups is 1. The van der Waals surface area contributed by atoms with Crippen molar-refractivity contribution in [3.63, 3.8) is 0 Å². The smallest absolute Gasteiger partial charge is 0.258 e. The first-order valence-electron chi connectivity index (χ1n) is 8.71. The molecule has 0 saturated heterocycles. The highest BCUT2D eigenvalue weighted by atomic mass is 16.5. The molecule has 0 aliphatic carbocycles. The Morgan fingerprint density at radius 1 is 1.23 bits per heavy atom. The quantitative estimate of drug-likeness (QED) is 0.758. The van der Waals surface area contributed by atoms with Crippen LogP contribution in [0.1, 0.15) is 33.4 Å². The van der Waals surface area contributed by atoms with Crippen molar-refractivity contribution in [3.8, 4) is 11.5 Å². The summed E-state index contributed by atoms with van der Waals surface area (Å²) < 4.78 is 5.23. The number of rotatable bonds is 4. The summed E-state index contributed by atoms with van der Waals surface area (Å²) >= 11 is 0. The molecule has 1 aliphatic heterocycles. The Labute approximate surface area is 151 Å². The maximum Gasteiger partial charge on any atom is 0.258 e. The van der Waals surface area contributed by atoms with E-state index in [0.29, 0.717) is 29.4 Å². The van der Waals surface area contributed by atoms with Crippen molar-refractivity contribution in [3.05, 3.63) is 71.0 Å². The lowest BCUT2D eigenvalue weighted by Gasteiger charge is -2.27. The molecule has 0 fully saturated rings. The van der Waals surface area contributed by atoms with Gasteiger partial charge in [0.25, 0.3) is 11.8 Å². The van der Waals surface area contributed by atoms with Crippen LogP contribution in [0.25, 0.3) is 11.5 Å². The molecule has 0 bridgehead atoms. The largest absolute Gasteiger partial charge is 0.350 e. The second-order valence-corrected chi connectivity index (χ2v) is 6.36. The summed E-state index contributed by atoms with van der Waals surface area (Å²) in [7, 11) is 0. The number of amides is 1. The number of aromatic nitrogens is 2. The first kappa shape index (κ1) is 16.5. The van der Waals surface area contributed by atoms with Gasteiger partial charge >= 0.3 is 0 Å². The normalized spacial score (nSPS) is 16.1. The van der Waals surface area contributed by atoms with Gasteiger partial charge in [-0.05, 0) is 43.1 Å². The van der Waals surface area contributed by atoms with E-state index < -0.39 is 0 Å². The lowest BCUT2D eigenvalue weighted by Crippen LogP contribution is -2.39. The molecule has 1 atom stereocenters. The number of carbonyl (C=O) groups excluding carboxylic acids is 1. The summed E-state index contributed by atoms with van der Waals surface area (Å²) in [4.78, 5) is 17.0. The van der Waals surface area contributed by atoms with Gasteiger partial charge in [0.1, 0.15) is 0 Å². The summed E-state index contributed by atoms with van der Waals surface area (Å²) in [5, 5.41) is 10.3. The Hall–Kier alpha value is -2.99. The minimum absolute atomic E-state index is 0.113. The van der Waals surface area contributed by atoms with Gasteiger partial charge in [-0.25, -0.2) is 0 Å². The van der Waals surface area contributed by atoms with Crippen LogP contribution in [0.3, 0.4) is 0 Å². The molecule has 0 saturated carbocycles. The van der Waals surface area contributed by atoms with Crippen molar-refractivity contribution < 1.29 is 9.32 Å². The summed E-state index contributed by atoms with van der Waals surface area (Å²) in [6.45, 7) is 3.18. The Bertz CT molecular complexity index is 935. The minimum Gasteiger partial charge on any atom is -0.350 e. The molecule has 2 heterocycles. The van der Waals surface area contributed by atoms with Gasteiger partial charge in [-0.3, -0.25) is 4.79 Å². The van der Waals surface area contributed by atoms with Crippen molar-refractivity contribution in [2.75, 3.05) is 13.1 Å². The Kier molecular flexibility index (Phi) is 4.50. The van der Waals surface area contributed by atoms with E-state index in [0.717, 1.165) is 13.0 Å². The van der Waals surface area contributed by atoms with Gasteiger partial charge in [0.2, 0.25) is 0 Å². The molecule has 0 spiro atoms. The van der Waals surface area contributed by atoms with Crippen LogP contribution in [-0.2, 0) is 6.42 Å². The third-order valence-corrected chi connectivity index (χ3v) is 4.61. The molecular formula is C20H20N4O2. The topological polar surface area (TPSA) is 80.0 Å². The zero-order chi connectivity index (χ0) is 17.9. The molecule has 4 rings (SSSR count). The van der Waals surface area contributed by atoms with Crippen molar-refractivity contribution in [1.29, 1.82) is 0 Å². The monoisotopic (exact) mass is 348 g/mol. The molecule has 2 aromatic carbocycles. The van der Waals surface area contributed by atoms with Crippen LogP contribution < -0.4 is 10.6 Å². The fourth-order valence-corrected chi connectivity index (χ4v) is 3.34. The van der Waals surface area contributed by atoms with E-state index in [1.54, 1.807) is 13.0 Å². The fraction of sp³-hybridized carbons (Fsp3) is 0.250. The van der Waals surface area contributed by atoms with Crippen LogP contribution in [0.2, 0.25) is 0 Å². The second-order valence-electron chi connectivity index (χ2n) is 6.36. The van der Waals surface area contributed by atoms with E-state index in [-0.39, 0.29) is 11.9 Å². The molecule has 1 aromatic heterocycles. The lowest BCUT2D eigenvalue weighted by molar-refractivity contribution is 0.0949. The second kappa shape index (κ2) is 7.09. The van der Waals surface area contributed by atoms with E-state index in [1.807, 2.05) is 24.3 Å². The van der Waals surface area contributed by atoms with Gasteiger partial charge in [-0.2, -0.15) is 4.98 Å². The standard InChI is InChI=1S/C20H20N4O2/c1-13-23-20(26-24-13)17-9-5-4-8-16(17)19(25)22-12-18-15-7-3-2-6-14(15)10-11-21-18/h2-9,18,21H,10-12H2,1H3,(H,22,25). The molecule has 0 radical (unpaired) electrons. The van der Waals surface area contributed by atoms with Gasteiger partial charge in [0, 0.05) is 12.6 Å². The number of hydrogen-bond donors (Lipinski definition) is 2. The maximum atomic E-state index is 12.8. The number of hydrogen-bond acceptors (Lipinski definition) is 5. The highest BCUT2D eigenvalue weighted by Gasteiger charge is 2.21. The van der Waals surface area contributed by atoms with Gasteiger partial charge in [-0.15, -0.1) is 0 Å². The Morgan fingerprint density at radius 2 is 2.04 bits per heavy atom. The number of benzene rings is 2. The SMILES string of the molecule is Cc1noc(-c2ccccc2C(=O)NCC2NCCc3ccccc32)n1. The third kappa shape index (κ3) is 3.23. The number of aryl methyl sites for hydroxylation is 1. The molecule has 26 heavy (non-hydrogen) atoms. The molecular weight excluding hydrogens is 328 g/mol. The van der Waals surface area contributed by atoms with Crippen LogP contribution in [0, 0.1) is 6.92 Å². The van der Waals surface area contributed by atoms with E-state index >= 15 is 0 Å². The highest BCUT2D eigenvalue weighted by molar-refractivity contribution is 5.99. The fourth-order valence-electron chi connectivity index (χ4n) is 3.34. The zero-order valence-corrected chi connectivity index (χ0v) is 14.5. The van der Waals surface area contributed by atoms with Crippen LogP contribution >= 0.6 is 0 Å². The van der Waals surface area contributed by atoms with Gasteiger partial charge in [-0.1, -0.05) is 41.6 Å². The number of nitrogens with one attached hydrogen (secondary N) is 2. The van der Waals surface area contributed by atoms with Crippen molar-refractivity contribution in [2.24, 2.45) is 0 Å². The van der Waals surface area contributed by atoms with Crippen molar-refractivity contribution in [2.45, 2.75) is 19.4 Å². The summed E-state index contributed by atoms with van der Waals surface area (Å²) in [6.07, 6.45) is 1.01. The molecule has 132 valence electrons. The third-order valence-electron chi connectivity index (χ3n) is 4.61. The van der Waals surface area contributed by atoms with Crippen molar-refractivity contribution in [1.82, 2.24) is 20.8 Å². The summed E-state index contributed by atoms with van der Waals surface area (Å²) in [6, 6.07) is 15.7. The van der Waals surface area contributed by atoms with E-state index in [9.17, 15) is 4.79 Å². The molecule has 1 aliphatic rings. The van der Waals surface area contributed by atoms with Gasteiger partial charge in [0.05, 0.1) is 11.1 Å². The first-order valence-corrected chi connectivity index (χ1v) is 8.71. The zero-order valence-electron chi connectivity index (χ0n) is 14.5. The van der Waals surface area contributed by atoms with E-state index in [4.69, 9.17) is 4.52 Å². The lowest BCUT2D eigenvalue weighted by atomic mass is 9.94. The van der Waals surface area contributed by atoms with Crippen LogP contribution in [0.15, 0.2) is 53.1 Å². The molecule has 6 heteroatoms. The predicted octanol–water partition coefficient (Wildman–Crippen LogP) is 2.66. The summed E-state index contributed by atoms with van der Waals surface area (Å²) in [5.74, 6) is 0.744. The average Bonchev–Trinajstić information content (AvgIpc) is 3.12. The van der Waals surface area contributed by atoms with Gasteiger partial charge in [0.15, 0.2) is 5.82 Å². The van der Waals surface area contributed by atoms with Crippen LogP contribution in [0.5, 0.6) is 0 Å².